The van der Waals surface area contributed by atoms with Crippen LogP contribution in [0.4, 0.5) is 0 Å². The molecule has 0 aliphatic carbocycles. The summed E-state index contributed by atoms with van der Waals surface area (Å²) in [4.78, 5) is 158. The van der Waals surface area contributed by atoms with Gasteiger partial charge in [0.05, 0.1) is 12.9 Å². The van der Waals surface area contributed by atoms with Crippen LogP contribution in [0.15, 0.2) is 72.2 Å². The fourth-order valence-electron chi connectivity index (χ4n) is 10.7. The lowest BCUT2D eigenvalue weighted by atomic mass is 9.85. The van der Waals surface area contributed by atoms with Crippen LogP contribution in [-0.2, 0) is 67.2 Å². The molecule has 10 amide bonds. The smallest absolute Gasteiger partial charge is 0.245 e. The number of nitrogens with two attached hydrogens (primary N) is 2. The molecule has 9 atom stereocenters. The van der Waals surface area contributed by atoms with Crippen LogP contribution in [0.3, 0.4) is 0 Å². The van der Waals surface area contributed by atoms with Gasteiger partial charge in [0.2, 0.25) is 59.1 Å². The number of carbonyl (C=O) groups excluding carboxylic acids is 10. The molecule has 478 valence electrons. The summed E-state index contributed by atoms with van der Waals surface area (Å²) in [6, 6.07) is 1.49. The highest BCUT2D eigenvalue weighted by Gasteiger charge is 2.42. The van der Waals surface area contributed by atoms with E-state index < -0.39 is 114 Å². The third kappa shape index (κ3) is 19.0. The Morgan fingerprint density at radius 1 is 0.739 bits per heavy atom. The maximum absolute atomic E-state index is 14.8. The molecule has 0 unspecified atom stereocenters. The largest absolute Gasteiger partial charge is 0.508 e. The second-order valence-electron chi connectivity index (χ2n) is 23.8. The van der Waals surface area contributed by atoms with Gasteiger partial charge in [-0.3, -0.25) is 52.9 Å². The number of aliphatic hydroxyl groups is 1. The number of carbonyl (C=O) groups is 10. The number of imidazole rings is 1. The van der Waals surface area contributed by atoms with E-state index in [4.69, 9.17) is 11.5 Å². The van der Waals surface area contributed by atoms with Gasteiger partial charge in [-0.05, 0) is 86.1 Å². The highest BCUT2D eigenvalue weighted by molar-refractivity contribution is 5.99. The van der Waals surface area contributed by atoms with Crippen LogP contribution < -0.4 is 54.0 Å². The average Bonchev–Trinajstić information content (AvgIpc) is 3.89. The zero-order valence-electron chi connectivity index (χ0n) is 50.9. The van der Waals surface area contributed by atoms with Gasteiger partial charge in [0, 0.05) is 81.4 Å². The van der Waals surface area contributed by atoms with Gasteiger partial charge >= 0.3 is 0 Å². The molecule has 0 bridgehead atoms. The van der Waals surface area contributed by atoms with Crippen LogP contribution in [0.5, 0.6) is 5.75 Å². The van der Waals surface area contributed by atoms with Gasteiger partial charge in [-0.1, -0.05) is 65.0 Å². The number of likely N-dealkylation sites (tertiary alicyclic amines) is 2. The number of likely N-dealkylation sites (N-methyl/N-ethyl adjacent to an activating group) is 2. The highest BCUT2D eigenvalue weighted by Crippen LogP contribution is 2.24. The average molecular weight is 1220 g/mol. The summed E-state index contributed by atoms with van der Waals surface area (Å²) < 4.78 is 0. The lowest BCUT2D eigenvalue weighted by molar-refractivity contribution is -0.142. The van der Waals surface area contributed by atoms with Crippen molar-refractivity contribution >= 4 is 75.9 Å². The highest BCUT2D eigenvalue weighted by atomic mass is 16.3. The van der Waals surface area contributed by atoms with Crippen LogP contribution in [0.25, 0.3) is 10.9 Å². The third-order valence-corrected chi connectivity index (χ3v) is 15.5. The molecular weight excluding hydrogens is 1140 g/mol. The minimum Gasteiger partial charge on any atom is -0.508 e. The number of aromatic amines is 2. The van der Waals surface area contributed by atoms with Crippen molar-refractivity contribution in [3.63, 3.8) is 0 Å². The molecule has 2 saturated heterocycles. The van der Waals surface area contributed by atoms with Gasteiger partial charge in [-0.25, -0.2) is 4.98 Å². The SMILES string of the molecule is CCNC(=O)[C@@H]1CCCN1C(=O)[C@H](CCCN=C(N)N)NC(=O)[C@H](CC(C)C)NC(=O)[C@H](NC(=O)[C@H](Cc1ccc(O)cc1)NC(=O)[C@H](CO)NC(=O)[C@H](Cc1c[nH]c2ccccc12)NC(=O)[C@H](Cc1cnc[nH]1)NC(=O)[C@@H]1CCC(=O)N1C)C(C)(C)C. The minimum absolute atomic E-state index is 0.0822. The number of benzene rings is 2. The van der Waals surface area contributed by atoms with Gasteiger partial charge in [0.25, 0.3) is 0 Å². The zero-order chi connectivity index (χ0) is 64.4. The summed E-state index contributed by atoms with van der Waals surface area (Å²) in [6.45, 7) is 10.2. The van der Waals surface area contributed by atoms with Crippen molar-refractivity contribution in [3.8, 4) is 5.75 Å². The Kier molecular flexibility index (Phi) is 24.4. The standard InChI is InChI=1S/C60H86N16O12/c1-8-64-55(85)47-16-12-24-76(47)58(88)40(15-11-23-65-59(61)62)68-50(80)41(25-33(2)3)72-57(87)49(60(4,5)6)74-53(83)42(26-34-17-19-37(78)20-18-34)69-54(84)45(31-77)73-51(81)43(27-35-29-66-39-14-10-9-13-38(35)39)70-52(82)44(28-36-30-63-32-67-36)71-56(86)46-21-22-48(79)75(46)7/h9-10,13-14,17-20,29-30,32-33,40-47,49,66,77-78H,8,11-12,15-16,21-28,31H2,1-7H3,(H,63,67)(H,64,85)(H,68,80)(H,69,84)(H,70,82)(H,71,86)(H,72,87)(H,73,81)(H,74,83)(H4,61,62,65)/t40-,41-,42-,43-,44-,45-,46-,47-,49-/m0/s1. The number of para-hydroxylation sites is 1. The molecule has 6 rings (SSSR count). The summed E-state index contributed by atoms with van der Waals surface area (Å²) in [5, 5.41) is 43.4. The Labute approximate surface area is 510 Å². The Balaban J connectivity index is 1.23. The molecule has 4 aromatic rings. The van der Waals surface area contributed by atoms with Crippen molar-refractivity contribution in [1.29, 1.82) is 0 Å². The summed E-state index contributed by atoms with van der Waals surface area (Å²) in [7, 11) is 1.49. The van der Waals surface area contributed by atoms with E-state index in [0.29, 0.717) is 41.6 Å². The van der Waals surface area contributed by atoms with Crippen molar-refractivity contribution < 1.29 is 58.2 Å². The molecule has 2 aromatic heterocycles. The van der Waals surface area contributed by atoms with Gasteiger partial charge < -0.3 is 84.0 Å². The fraction of sp³-hybridized carbons (Fsp3) is 0.533. The second-order valence-corrected chi connectivity index (χ2v) is 23.8. The molecule has 16 N–H and O–H groups in total. The molecule has 2 fully saturated rings. The van der Waals surface area contributed by atoms with Crippen LogP contribution >= 0.6 is 0 Å². The first-order valence-electron chi connectivity index (χ1n) is 29.7. The molecule has 28 heteroatoms. The summed E-state index contributed by atoms with van der Waals surface area (Å²) in [5.74, 6) is -7.28. The number of aliphatic imine (C=N–C) groups is 1. The quantitative estimate of drug-likeness (QED) is 0.0168. The molecule has 28 nitrogen and oxygen atoms in total. The third-order valence-electron chi connectivity index (χ3n) is 15.5. The molecule has 4 heterocycles. The number of rotatable bonds is 30. The normalized spacial score (nSPS) is 17.4. The van der Waals surface area contributed by atoms with E-state index in [0.717, 1.165) is 5.52 Å². The van der Waals surface area contributed by atoms with Crippen LogP contribution in [-0.4, -0.2) is 188 Å². The van der Waals surface area contributed by atoms with Gasteiger partial charge in [-0.15, -0.1) is 0 Å². The molecule has 2 aromatic carbocycles. The Morgan fingerprint density at radius 3 is 1.97 bits per heavy atom. The van der Waals surface area contributed by atoms with E-state index in [9.17, 15) is 58.2 Å². The lowest BCUT2D eigenvalue weighted by Gasteiger charge is -2.34. The second kappa shape index (κ2) is 31.5. The van der Waals surface area contributed by atoms with E-state index in [2.05, 4.69) is 62.5 Å². The molecule has 2 aliphatic heterocycles. The Hall–Kier alpha value is -9.08. The number of aromatic nitrogens is 3. The number of nitrogens with one attached hydrogen (secondary N) is 10. The van der Waals surface area contributed by atoms with Crippen molar-refractivity contribution in [1.82, 2.24) is 67.3 Å². The predicted octanol–water partition coefficient (Wildman–Crippen LogP) is -1.10. The molecule has 0 saturated carbocycles. The molecular formula is C60H86N16O12. The van der Waals surface area contributed by atoms with Gasteiger partial charge in [-0.2, -0.15) is 0 Å². The first-order chi connectivity index (χ1) is 41.8. The van der Waals surface area contributed by atoms with E-state index in [1.54, 1.807) is 46.0 Å². The van der Waals surface area contributed by atoms with Crippen molar-refractivity contribution in [2.75, 3.05) is 33.3 Å². The number of hydrogen-bond donors (Lipinski definition) is 14. The molecule has 0 radical (unpaired) electrons. The zero-order valence-corrected chi connectivity index (χ0v) is 50.9. The number of nitrogens with zero attached hydrogens (tertiary/aromatic N) is 4. The number of guanidine groups is 1. The Bertz CT molecular complexity index is 3120. The lowest BCUT2D eigenvalue weighted by Crippen LogP contribution is -2.63. The van der Waals surface area contributed by atoms with E-state index in [-0.39, 0.29) is 93.9 Å². The van der Waals surface area contributed by atoms with E-state index in [1.165, 1.54) is 53.6 Å². The summed E-state index contributed by atoms with van der Waals surface area (Å²) >= 11 is 0. The van der Waals surface area contributed by atoms with Crippen molar-refractivity contribution in [2.45, 2.75) is 160 Å². The number of hydrogen-bond acceptors (Lipinski definition) is 14. The molecule has 88 heavy (non-hydrogen) atoms. The predicted molar refractivity (Wildman–Crippen MR) is 325 cm³/mol. The van der Waals surface area contributed by atoms with Crippen molar-refractivity contribution in [2.24, 2.45) is 27.8 Å². The maximum Gasteiger partial charge on any atom is 0.245 e. The number of aliphatic hydroxyl groups excluding tert-OH is 1. The first-order valence-corrected chi connectivity index (χ1v) is 29.7. The van der Waals surface area contributed by atoms with Crippen LogP contribution in [0, 0.1) is 11.3 Å². The number of aromatic hydroxyl groups is 1. The Morgan fingerprint density at radius 2 is 1.35 bits per heavy atom. The monoisotopic (exact) mass is 1220 g/mol. The fourth-order valence-corrected chi connectivity index (χ4v) is 10.7. The first kappa shape index (κ1) is 68.0. The minimum atomic E-state index is -1.76. The van der Waals surface area contributed by atoms with E-state index >= 15 is 0 Å². The number of amides is 10. The topological polar surface area (TPSA) is 423 Å². The van der Waals surface area contributed by atoms with Gasteiger partial charge in [0.15, 0.2) is 5.96 Å². The number of H-pyrrole nitrogens is 2. The number of phenolic OH excluding ortho intramolecular Hbond substituents is 1. The summed E-state index contributed by atoms with van der Waals surface area (Å²) in [5.41, 5.74) is 12.2. The van der Waals surface area contributed by atoms with Crippen molar-refractivity contribution in [3.05, 3.63) is 84.1 Å². The van der Waals surface area contributed by atoms with E-state index in [1.807, 2.05) is 26.0 Å². The summed E-state index contributed by atoms with van der Waals surface area (Å²) in [6.07, 6.45) is 5.79. The van der Waals surface area contributed by atoms with Gasteiger partial charge in [0.1, 0.15) is 60.1 Å². The maximum atomic E-state index is 14.8. The number of fused-ring (bicyclic) bond motifs is 1. The number of phenols is 1. The van der Waals surface area contributed by atoms with Crippen LogP contribution in [0.1, 0.15) is 103 Å². The molecule has 2 aliphatic rings. The van der Waals surface area contributed by atoms with Crippen LogP contribution in [0.2, 0.25) is 0 Å². The molecule has 0 spiro atoms.